The zero-order chi connectivity index (χ0) is 22.3. The standard InChI is InChI=1S/C26H38O4/c1-18(2)17-26(19(3)4,22-7-9-24(20(5)15-22)29-13-11-27)23-8-10-25(21(6)16-23)30-14-12-28/h7-10,15-16,18-19,27-28H,11-14,17H2,1-6H3. The van der Waals surface area contributed by atoms with Crippen LogP contribution < -0.4 is 9.47 Å². The lowest BCUT2D eigenvalue weighted by Crippen LogP contribution is -2.35. The van der Waals surface area contributed by atoms with Crippen molar-refractivity contribution in [3.05, 3.63) is 58.7 Å². The molecule has 4 heteroatoms. The molecule has 166 valence electrons. The smallest absolute Gasteiger partial charge is 0.122 e. The summed E-state index contributed by atoms with van der Waals surface area (Å²) in [4.78, 5) is 0. The van der Waals surface area contributed by atoms with Gasteiger partial charge in [-0.3, -0.25) is 0 Å². The van der Waals surface area contributed by atoms with Crippen molar-refractivity contribution in [2.24, 2.45) is 11.8 Å². The van der Waals surface area contributed by atoms with E-state index in [0.29, 0.717) is 25.0 Å². The Kier molecular flexibility index (Phi) is 8.75. The minimum Gasteiger partial charge on any atom is -0.491 e. The molecule has 0 saturated carbocycles. The number of benzene rings is 2. The molecule has 0 spiro atoms. The van der Waals surface area contributed by atoms with Gasteiger partial charge in [0.25, 0.3) is 0 Å². The first-order valence-electron chi connectivity index (χ1n) is 11.0. The molecule has 0 aromatic heterocycles. The van der Waals surface area contributed by atoms with Crippen LogP contribution in [0.15, 0.2) is 36.4 Å². The highest BCUT2D eigenvalue weighted by Crippen LogP contribution is 2.46. The summed E-state index contributed by atoms with van der Waals surface area (Å²) < 4.78 is 11.4. The molecule has 0 heterocycles. The zero-order valence-electron chi connectivity index (χ0n) is 19.4. The molecular weight excluding hydrogens is 376 g/mol. The van der Waals surface area contributed by atoms with E-state index in [0.717, 1.165) is 29.0 Å². The highest BCUT2D eigenvalue weighted by atomic mass is 16.5. The Bertz CT molecular complexity index is 753. The number of rotatable bonds is 11. The maximum atomic E-state index is 9.08. The second kappa shape index (κ2) is 10.8. The fourth-order valence-electron chi connectivity index (χ4n) is 4.44. The Morgan fingerprint density at radius 3 is 1.50 bits per heavy atom. The van der Waals surface area contributed by atoms with Crippen molar-refractivity contribution in [2.45, 2.75) is 53.4 Å². The average molecular weight is 415 g/mol. The van der Waals surface area contributed by atoms with Crippen molar-refractivity contribution in [3.63, 3.8) is 0 Å². The molecule has 0 radical (unpaired) electrons. The van der Waals surface area contributed by atoms with E-state index in [9.17, 15) is 0 Å². The molecule has 0 unspecified atom stereocenters. The van der Waals surface area contributed by atoms with Crippen molar-refractivity contribution in [3.8, 4) is 11.5 Å². The molecule has 30 heavy (non-hydrogen) atoms. The lowest BCUT2D eigenvalue weighted by atomic mass is 9.62. The Morgan fingerprint density at radius 1 is 0.767 bits per heavy atom. The van der Waals surface area contributed by atoms with Gasteiger partial charge in [0.15, 0.2) is 0 Å². The molecule has 2 N–H and O–H groups in total. The first-order chi connectivity index (χ1) is 14.3. The molecular formula is C26H38O4. The molecule has 2 rings (SSSR count). The van der Waals surface area contributed by atoms with E-state index in [2.05, 4.69) is 65.8 Å². The molecule has 0 bridgehead atoms. The molecule has 2 aromatic rings. The summed E-state index contributed by atoms with van der Waals surface area (Å²) in [6.45, 7) is 13.9. The number of aryl methyl sites for hydroxylation is 2. The van der Waals surface area contributed by atoms with Crippen LogP contribution in [0.3, 0.4) is 0 Å². The van der Waals surface area contributed by atoms with E-state index in [1.54, 1.807) is 0 Å². The van der Waals surface area contributed by atoms with Crippen molar-refractivity contribution in [1.29, 1.82) is 0 Å². The van der Waals surface area contributed by atoms with E-state index in [4.69, 9.17) is 19.7 Å². The minimum absolute atomic E-state index is 0.00838. The highest BCUT2D eigenvalue weighted by molar-refractivity contribution is 5.48. The van der Waals surface area contributed by atoms with E-state index in [1.165, 1.54) is 11.1 Å². The van der Waals surface area contributed by atoms with Gasteiger partial charge in [0.05, 0.1) is 13.2 Å². The first-order valence-corrected chi connectivity index (χ1v) is 11.0. The van der Waals surface area contributed by atoms with E-state index in [1.807, 2.05) is 12.1 Å². The Labute approximate surface area is 181 Å². The van der Waals surface area contributed by atoms with Gasteiger partial charge >= 0.3 is 0 Å². The summed E-state index contributed by atoms with van der Waals surface area (Å²) in [5.74, 6) is 2.54. The molecule has 0 aliphatic heterocycles. The molecule has 0 aliphatic carbocycles. The van der Waals surface area contributed by atoms with Crippen LogP contribution in [-0.2, 0) is 5.41 Å². The molecule has 0 saturated heterocycles. The summed E-state index contributed by atoms with van der Waals surface area (Å²) in [7, 11) is 0. The number of hydrogen-bond acceptors (Lipinski definition) is 4. The third-order valence-corrected chi connectivity index (χ3v) is 5.79. The predicted molar refractivity (Wildman–Crippen MR) is 123 cm³/mol. The Balaban J connectivity index is 2.59. The molecule has 0 fully saturated rings. The summed E-state index contributed by atoms with van der Waals surface area (Å²) in [5.41, 5.74) is 4.57. The summed E-state index contributed by atoms with van der Waals surface area (Å²) in [6.07, 6.45) is 1.03. The fourth-order valence-corrected chi connectivity index (χ4v) is 4.44. The zero-order valence-corrected chi connectivity index (χ0v) is 19.4. The van der Waals surface area contributed by atoms with Crippen LogP contribution in [0.25, 0.3) is 0 Å². The van der Waals surface area contributed by atoms with E-state index < -0.39 is 0 Å². The van der Waals surface area contributed by atoms with Gasteiger partial charge < -0.3 is 19.7 Å². The number of aliphatic hydroxyl groups excluding tert-OH is 2. The summed E-state index contributed by atoms with van der Waals surface area (Å²) >= 11 is 0. The third-order valence-electron chi connectivity index (χ3n) is 5.79. The van der Waals surface area contributed by atoms with Crippen molar-refractivity contribution in [1.82, 2.24) is 0 Å². The van der Waals surface area contributed by atoms with Gasteiger partial charge in [-0.05, 0) is 66.5 Å². The van der Waals surface area contributed by atoms with Crippen molar-refractivity contribution >= 4 is 0 Å². The topological polar surface area (TPSA) is 58.9 Å². The SMILES string of the molecule is Cc1cc(C(CC(C)C)(c2ccc(OCCO)c(C)c2)C(C)C)ccc1OCCO. The maximum absolute atomic E-state index is 9.08. The van der Waals surface area contributed by atoms with Crippen LogP contribution >= 0.6 is 0 Å². The fraction of sp³-hybridized carbons (Fsp3) is 0.538. The molecule has 0 aliphatic rings. The van der Waals surface area contributed by atoms with E-state index in [-0.39, 0.29) is 18.6 Å². The normalized spacial score (nSPS) is 11.9. The van der Waals surface area contributed by atoms with Gasteiger partial charge in [-0.2, -0.15) is 0 Å². The van der Waals surface area contributed by atoms with Crippen LogP contribution in [-0.4, -0.2) is 36.6 Å². The second-order valence-corrected chi connectivity index (χ2v) is 8.83. The number of hydrogen-bond donors (Lipinski definition) is 2. The number of ether oxygens (including phenoxy) is 2. The van der Waals surface area contributed by atoms with Crippen LogP contribution in [0.1, 0.15) is 56.4 Å². The van der Waals surface area contributed by atoms with Crippen LogP contribution in [0.4, 0.5) is 0 Å². The van der Waals surface area contributed by atoms with Crippen LogP contribution in [0, 0.1) is 25.7 Å². The highest BCUT2D eigenvalue weighted by Gasteiger charge is 2.38. The van der Waals surface area contributed by atoms with Gasteiger partial charge in [0.2, 0.25) is 0 Å². The van der Waals surface area contributed by atoms with Gasteiger partial charge in [-0.15, -0.1) is 0 Å². The second-order valence-electron chi connectivity index (χ2n) is 8.83. The average Bonchev–Trinajstić information content (AvgIpc) is 2.69. The molecule has 0 amide bonds. The Hall–Kier alpha value is -2.04. The largest absolute Gasteiger partial charge is 0.491 e. The third kappa shape index (κ3) is 5.35. The van der Waals surface area contributed by atoms with Gasteiger partial charge in [0, 0.05) is 5.41 Å². The van der Waals surface area contributed by atoms with Crippen LogP contribution in [0.5, 0.6) is 11.5 Å². The Morgan fingerprint density at radius 2 is 1.20 bits per heavy atom. The quantitative estimate of drug-likeness (QED) is 0.541. The number of aliphatic hydroxyl groups is 2. The molecule has 0 atom stereocenters. The lowest BCUT2D eigenvalue weighted by molar-refractivity contribution is 0.200. The first kappa shape index (κ1) is 24.2. The van der Waals surface area contributed by atoms with Crippen LogP contribution in [0.2, 0.25) is 0 Å². The lowest BCUT2D eigenvalue weighted by Gasteiger charge is -2.41. The van der Waals surface area contributed by atoms with Gasteiger partial charge in [-0.25, -0.2) is 0 Å². The maximum Gasteiger partial charge on any atom is 0.122 e. The van der Waals surface area contributed by atoms with Crippen molar-refractivity contribution in [2.75, 3.05) is 26.4 Å². The van der Waals surface area contributed by atoms with Gasteiger partial charge in [-0.1, -0.05) is 52.0 Å². The molecule has 2 aromatic carbocycles. The molecule has 4 nitrogen and oxygen atoms in total. The van der Waals surface area contributed by atoms with Gasteiger partial charge in [0.1, 0.15) is 24.7 Å². The summed E-state index contributed by atoms with van der Waals surface area (Å²) in [6, 6.07) is 12.9. The van der Waals surface area contributed by atoms with E-state index >= 15 is 0 Å². The minimum atomic E-state index is -0.144. The monoisotopic (exact) mass is 414 g/mol. The van der Waals surface area contributed by atoms with Crippen molar-refractivity contribution < 1.29 is 19.7 Å². The summed E-state index contributed by atoms with van der Waals surface area (Å²) in [5, 5.41) is 18.2. The predicted octanol–water partition coefficient (Wildman–Crippen LogP) is 5.03.